The molecule has 0 atom stereocenters. The third kappa shape index (κ3) is 4.30. The molecule has 1 aromatic heterocycles. The average molecular weight is 258 g/mol. The van der Waals surface area contributed by atoms with Gasteiger partial charge in [-0.15, -0.1) is 0 Å². The van der Waals surface area contributed by atoms with E-state index in [4.69, 9.17) is 5.11 Å². The van der Waals surface area contributed by atoms with Crippen molar-refractivity contribution in [3.63, 3.8) is 0 Å². The number of unbranched alkanes of at least 4 members (excludes halogenated alkanes) is 3. The molecule has 2 N–H and O–H groups in total. The molecule has 0 unspecified atom stereocenters. The highest BCUT2D eigenvalue weighted by Gasteiger charge is 2.00. The lowest BCUT2D eigenvalue weighted by molar-refractivity contribution is 0.282. The van der Waals surface area contributed by atoms with E-state index in [-0.39, 0.29) is 0 Å². The van der Waals surface area contributed by atoms with Crippen LogP contribution in [-0.2, 0) is 6.54 Å². The van der Waals surface area contributed by atoms with Gasteiger partial charge in [0.15, 0.2) is 0 Å². The standard InChI is InChI=1S/C16H22N2O/c19-12-6-2-1-5-10-17-13-14-9-11-18-16-8-4-3-7-15(14)16/h3-4,7-9,11,17,19H,1-2,5-6,10,12-13H2. The van der Waals surface area contributed by atoms with Crippen LogP contribution >= 0.6 is 0 Å². The fourth-order valence-electron chi connectivity index (χ4n) is 2.25. The summed E-state index contributed by atoms with van der Waals surface area (Å²) in [5, 5.41) is 13.4. The Labute approximate surface area is 114 Å². The van der Waals surface area contributed by atoms with Crippen LogP contribution in [0.25, 0.3) is 10.9 Å². The molecule has 3 nitrogen and oxygen atoms in total. The van der Waals surface area contributed by atoms with E-state index in [1.807, 2.05) is 18.3 Å². The summed E-state index contributed by atoms with van der Waals surface area (Å²) in [6, 6.07) is 10.3. The SMILES string of the molecule is OCCCCCCNCc1ccnc2ccccc12. The van der Waals surface area contributed by atoms with E-state index >= 15 is 0 Å². The number of hydrogen-bond acceptors (Lipinski definition) is 3. The Morgan fingerprint density at radius 3 is 2.74 bits per heavy atom. The van der Waals surface area contributed by atoms with Crippen LogP contribution in [0.3, 0.4) is 0 Å². The normalized spacial score (nSPS) is 11.0. The van der Waals surface area contributed by atoms with Crippen LogP contribution in [0.1, 0.15) is 31.2 Å². The number of aromatic nitrogens is 1. The molecule has 3 heteroatoms. The monoisotopic (exact) mass is 258 g/mol. The summed E-state index contributed by atoms with van der Waals surface area (Å²) in [5.74, 6) is 0. The molecule has 0 fully saturated rings. The van der Waals surface area contributed by atoms with E-state index in [0.717, 1.165) is 31.4 Å². The van der Waals surface area contributed by atoms with Crippen molar-refractivity contribution >= 4 is 10.9 Å². The van der Waals surface area contributed by atoms with Crippen molar-refractivity contribution in [1.29, 1.82) is 0 Å². The van der Waals surface area contributed by atoms with E-state index < -0.39 is 0 Å². The Hall–Kier alpha value is -1.45. The summed E-state index contributed by atoms with van der Waals surface area (Å²) in [5.41, 5.74) is 2.37. The molecular weight excluding hydrogens is 236 g/mol. The number of benzene rings is 1. The molecule has 0 radical (unpaired) electrons. The van der Waals surface area contributed by atoms with Crippen LogP contribution in [0.4, 0.5) is 0 Å². The van der Waals surface area contributed by atoms with Gasteiger partial charge in [-0.1, -0.05) is 31.0 Å². The summed E-state index contributed by atoms with van der Waals surface area (Å²) < 4.78 is 0. The van der Waals surface area contributed by atoms with Gasteiger partial charge < -0.3 is 10.4 Å². The summed E-state index contributed by atoms with van der Waals surface area (Å²) in [6.07, 6.45) is 6.28. The number of nitrogens with zero attached hydrogens (tertiary/aromatic N) is 1. The van der Waals surface area contributed by atoms with Gasteiger partial charge in [0, 0.05) is 24.7 Å². The predicted octanol–water partition coefficient (Wildman–Crippen LogP) is 2.88. The zero-order valence-corrected chi connectivity index (χ0v) is 11.3. The second-order valence-electron chi connectivity index (χ2n) is 4.80. The van der Waals surface area contributed by atoms with Crippen LogP contribution in [0.15, 0.2) is 36.5 Å². The van der Waals surface area contributed by atoms with Gasteiger partial charge in [-0.3, -0.25) is 4.98 Å². The zero-order chi connectivity index (χ0) is 13.3. The second kappa shape index (κ2) is 7.87. The van der Waals surface area contributed by atoms with Gasteiger partial charge in [-0.25, -0.2) is 0 Å². The van der Waals surface area contributed by atoms with Crippen LogP contribution in [0.2, 0.25) is 0 Å². The fourth-order valence-corrected chi connectivity index (χ4v) is 2.25. The van der Waals surface area contributed by atoms with Gasteiger partial charge in [-0.2, -0.15) is 0 Å². The third-order valence-corrected chi connectivity index (χ3v) is 3.32. The minimum atomic E-state index is 0.316. The minimum Gasteiger partial charge on any atom is -0.396 e. The minimum absolute atomic E-state index is 0.316. The van der Waals surface area contributed by atoms with E-state index in [1.165, 1.54) is 23.8 Å². The number of nitrogens with one attached hydrogen (secondary N) is 1. The molecule has 1 heterocycles. The average Bonchev–Trinajstić information content (AvgIpc) is 2.46. The third-order valence-electron chi connectivity index (χ3n) is 3.32. The summed E-state index contributed by atoms with van der Waals surface area (Å²) in [4.78, 5) is 4.37. The number of pyridine rings is 1. The molecule has 2 aromatic rings. The van der Waals surface area contributed by atoms with Crippen molar-refractivity contribution in [2.75, 3.05) is 13.2 Å². The largest absolute Gasteiger partial charge is 0.396 e. The number of rotatable bonds is 8. The van der Waals surface area contributed by atoms with Crippen molar-refractivity contribution in [2.24, 2.45) is 0 Å². The molecule has 0 aliphatic rings. The van der Waals surface area contributed by atoms with Gasteiger partial charge in [-0.05, 0) is 37.1 Å². The number of para-hydroxylation sites is 1. The van der Waals surface area contributed by atoms with Crippen LogP contribution in [-0.4, -0.2) is 23.2 Å². The molecule has 1 aromatic carbocycles. The van der Waals surface area contributed by atoms with Crippen molar-refractivity contribution in [3.8, 4) is 0 Å². The molecule has 0 saturated carbocycles. The maximum Gasteiger partial charge on any atom is 0.0705 e. The molecule has 102 valence electrons. The van der Waals surface area contributed by atoms with E-state index in [2.05, 4.69) is 28.5 Å². The van der Waals surface area contributed by atoms with Gasteiger partial charge >= 0.3 is 0 Å². The molecule has 0 amide bonds. The molecule has 0 saturated heterocycles. The topological polar surface area (TPSA) is 45.1 Å². The highest BCUT2D eigenvalue weighted by Crippen LogP contribution is 2.15. The van der Waals surface area contributed by atoms with Crippen LogP contribution < -0.4 is 5.32 Å². The Morgan fingerprint density at radius 1 is 1.00 bits per heavy atom. The Bertz CT molecular complexity index is 494. The van der Waals surface area contributed by atoms with Gasteiger partial charge in [0.05, 0.1) is 5.52 Å². The van der Waals surface area contributed by atoms with Gasteiger partial charge in [0.2, 0.25) is 0 Å². The molecule has 0 spiro atoms. The predicted molar refractivity (Wildman–Crippen MR) is 79.0 cm³/mol. The first kappa shape index (κ1) is 14.0. The number of hydrogen-bond donors (Lipinski definition) is 2. The Balaban J connectivity index is 1.78. The zero-order valence-electron chi connectivity index (χ0n) is 11.3. The number of fused-ring (bicyclic) bond motifs is 1. The summed E-state index contributed by atoms with van der Waals surface area (Å²) >= 11 is 0. The van der Waals surface area contributed by atoms with Gasteiger partial charge in [0.1, 0.15) is 0 Å². The van der Waals surface area contributed by atoms with Crippen molar-refractivity contribution in [3.05, 3.63) is 42.1 Å². The smallest absolute Gasteiger partial charge is 0.0705 e. The van der Waals surface area contributed by atoms with E-state index in [9.17, 15) is 0 Å². The first-order valence-electron chi connectivity index (χ1n) is 7.06. The number of aliphatic hydroxyl groups is 1. The molecule has 2 rings (SSSR count). The lowest BCUT2D eigenvalue weighted by atomic mass is 10.1. The quantitative estimate of drug-likeness (QED) is 0.716. The fraction of sp³-hybridized carbons (Fsp3) is 0.438. The highest BCUT2D eigenvalue weighted by molar-refractivity contribution is 5.81. The molecule has 0 aliphatic carbocycles. The van der Waals surface area contributed by atoms with Crippen molar-refractivity contribution in [2.45, 2.75) is 32.2 Å². The van der Waals surface area contributed by atoms with Crippen LogP contribution in [0.5, 0.6) is 0 Å². The summed E-state index contributed by atoms with van der Waals surface area (Å²) in [6.45, 7) is 2.24. The van der Waals surface area contributed by atoms with Crippen molar-refractivity contribution in [1.82, 2.24) is 10.3 Å². The van der Waals surface area contributed by atoms with E-state index in [1.54, 1.807) is 0 Å². The molecule has 19 heavy (non-hydrogen) atoms. The lowest BCUT2D eigenvalue weighted by Gasteiger charge is -2.07. The molecular formula is C16H22N2O. The van der Waals surface area contributed by atoms with E-state index in [0.29, 0.717) is 6.61 Å². The highest BCUT2D eigenvalue weighted by atomic mass is 16.2. The maximum atomic E-state index is 8.70. The lowest BCUT2D eigenvalue weighted by Crippen LogP contribution is -2.15. The number of aliphatic hydroxyl groups excluding tert-OH is 1. The first-order chi connectivity index (χ1) is 9.42. The second-order valence-corrected chi connectivity index (χ2v) is 4.80. The first-order valence-corrected chi connectivity index (χ1v) is 7.06. The van der Waals surface area contributed by atoms with Gasteiger partial charge in [0.25, 0.3) is 0 Å². The molecule has 0 bridgehead atoms. The molecule has 0 aliphatic heterocycles. The Morgan fingerprint density at radius 2 is 1.84 bits per heavy atom. The maximum absolute atomic E-state index is 8.70. The summed E-state index contributed by atoms with van der Waals surface area (Å²) in [7, 11) is 0. The van der Waals surface area contributed by atoms with Crippen molar-refractivity contribution < 1.29 is 5.11 Å². The Kier molecular flexibility index (Phi) is 5.79. The van der Waals surface area contributed by atoms with Crippen LogP contribution in [0, 0.1) is 0 Å².